The van der Waals surface area contributed by atoms with Crippen LogP contribution in [0.4, 0.5) is 0 Å². The molecule has 1 unspecified atom stereocenters. The summed E-state index contributed by atoms with van der Waals surface area (Å²) in [6, 6.07) is 0. The molecule has 0 aliphatic rings. The van der Waals surface area contributed by atoms with Crippen molar-refractivity contribution in [1.82, 2.24) is 0 Å². The van der Waals surface area contributed by atoms with Crippen LogP contribution in [0.5, 0.6) is 0 Å². The minimum absolute atomic E-state index is 0. The Morgan fingerprint density at radius 3 is 1.85 bits per heavy atom. The zero-order chi connectivity index (χ0) is 9.99. The summed E-state index contributed by atoms with van der Waals surface area (Å²) in [4.78, 5) is 10.6. The third-order valence-electron chi connectivity index (χ3n) is 2.33. The van der Waals surface area contributed by atoms with E-state index in [-0.39, 0.29) is 32.7 Å². The average molecular weight is 280 g/mol. The van der Waals surface area contributed by atoms with E-state index in [9.17, 15) is 9.00 Å². The summed E-state index contributed by atoms with van der Waals surface area (Å²) in [6.45, 7) is 6.82. The third-order valence-corrected chi connectivity index (χ3v) is 3.97. The van der Waals surface area contributed by atoms with Gasteiger partial charge in [0.1, 0.15) is 0 Å². The molecular weight excluding hydrogens is 265 g/mol. The van der Waals surface area contributed by atoms with Crippen LogP contribution in [0, 0.1) is 5.41 Å². The van der Waals surface area contributed by atoms with Crippen LogP contribution < -0.4 is 0 Å². The normalized spacial score (nSPS) is 14.5. The van der Waals surface area contributed by atoms with Crippen LogP contribution in [0.3, 0.4) is 0 Å². The van der Waals surface area contributed by atoms with Crippen molar-refractivity contribution in [2.24, 2.45) is 5.41 Å². The summed E-state index contributed by atoms with van der Waals surface area (Å²) < 4.78 is 15.3. The van der Waals surface area contributed by atoms with Gasteiger partial charge in [0, 0.05) is 4.75 Å². The molecule has 0 amide bonds. The van der Waals surface area contributed by atoms with Crippen molar-refractivity contribution in [2.75, 3.05) is 7.11 Å². The van der Waals surface area contributed by atoms with Crippen molar-refractivity contribution in [3.8, 4) is 0 Å². The average Bonchev–Trinajstić information content (AvgIpc) is 2.02. The summed E-state index contributed by atoms with van der Waals surface area (Å²) in [5.41, 5.74) is -0.770. The van der Waals surface area contributed by atoms with Crippen molar-refractivity contribution < 1.29 is 45.9 Å². The monoisotopic (exact) mass is 280 g/mol. The van der Waals surface area contributed by atoms with Crippen LogP contribution in [0.1, 0.15) is 27.7 Å². The first kappa shape index (κ1) is 16.3. The molecule has 0 saturated heterocycles. The predicted octanol–water partition coefficient (Wildman–Crippen LogP) is 1.21. The van der Waals surface area contributed by atoms with E-state index < -0.39 is 21.2 Å². The van der Waals surface area contributed by atoms with Gasteiger partial charge in [-0.3, -0.25) is 10.5 Å². The van der Waals surface area contributed by atoms with Crippen molar-refractivity contribution in [3.05, 3.63) is 0 Å². The molecule has 0 N–H and O–H groups in total. The zero-order valence-corrected chi connectivity index (χ0v) is 12.4. The minimum Gasteiger partial charge on any atom is -0.541 e. The van der Waals surface area contributed by atoms with Crippen LogP contribution in [-0.4, -0.2) is 22.4 Å². The van der Waals surface area contributed by atoms with Crippen molar-refractivity contribution in [1.29, 1.82) is 0 Å². The molecule has 0 heterocycles. The van der Waals surface area contributed by atoms with Crippen LogP contribution in [0.25, 0.3) is 0 Å². The summed E-state index contributed by atoms with van der Waals surface area (Å²) in [7, 11) is 1.36. The quantitative estimate of drug-likeness (QED) is 0.727. The van der Waals surface area contributed by atoms with Gasteiger partial charge >= 0.3 is 32.7 Å². The van der Waals surface area contributed by atoms with E-state index in [0.29, 0.717) is 0 Å². The van der Waals surface area contributed by atoms with Crippen LogP contribution >= 0.6 is 0 Å². The van der Waals surface area contributed by atoms with Gasteiger partial charge in [0.2, 0.25) is 0 Å². The second-order valence-electron chi connectivity index (χ2n) is 3.64. The molecule has 0 aliphatic carbocycles. The summed E-state index contributed by atoms with van der Waals surface area (Å²) >= 11 is -1.47. The molecule has 13 heavy (non-hydrogen) atoms. The van der Waals surface area contributed by atoms with Crippen molar-refractivity contribution in [2.45, 2.75) is 32.4 Å². The van der Waals surface area contributed by atoms with E-state index in [1.54, 1.807) is 27.7 Å². The van der Waals surface area contributed by atoms with Crippen molar-refractivity contribution >= 4 is 17.4 Å². The Morgan fingerprint density at radius 1 is 1.23 bits per heavy atom. The van der Waals surface area contributed by atoms with Crippen molar-refractivity contribution in [3.63, 3.8) is 0 Å². The molecule has 0 rings (SSSR count). The first-order chi connectivity index (χ1) is 5.29. The molecule has 72 valence electrons. The fourth-order valence-electron chi connectivity index (χ4n) is 0.540. The second kappa shape index (κ2) is 5.69. The fourth-order valence-corrected chi connectivity index (χ4v) is 1.41. The van der Waals surface area contributed by atoms with E-state index in [1.807, 2.05) is 6.29 Å². The predicted molar refractivity (Wildman–Crippen MR) is 48.7 cm³/mol. The Labute approximate surface area is 108 Å². The molecule has 0 aromatic heterocycles. The van der Waals surface area contributed by atoms with Crippen LogP contribution in [0.2, 0.25) is 0 Å². The van der Waals surface area contributed by atoms with Gasteiger partial charge in [-0.1, -0.05) is 13.8 Å². The molecule has 0 aromatic rings. The molecule has 0 radical (unpaired) electrons. The van der Waals surface area contributed by atoms with Gasteiger partial charge in [0.25, 0.3) is 0 Å². The molecule has 0 spiro atoms. The maximum atomic E-state index is 11.3. The molecule has 5 heteroatoms. The fraction of sp³-hybridized carbons (Fsp3) is 0.875. The van der Waals surface area contributed by atoms with Gasteiger partial charge in [-0.2, -0.15) is 0 Å². The number of rotatable bonds is 4. The first-order valence-corrected chi connectivity index (χ1v) is 4.72. The minimum atomic E-state index is -1.47. The number of carbonyl (C=O) groups excluding carboxylic acids is 1. The Kier molecular flexibility index (Phi) is 7.14. The largest absolute Gasteiger partial charge is 3.00 e. The van der Waals surface area contributed by atoms with E-state index in [1.165, 1.54) is 7.11 Å². The smallest absolute Gasteiger partial charge is 0.541 e. The van der Waals surface area contributed by atoms with Gasteiger partial charge in [0.05, 0.1) is 7.11 Å². The topological polar surface area (TPSA) is 43.4 Å². The summed E-state index contributed by atoms with van der Waals surface area (Å²) in [5, 5.41) is 0. The van der Waals surface area contributed by atoms with E-state index >= 15 is 0 Å². The van der Waals surface area contributed by atoms with Crippen LogP contribution in [0.15, 0.2) is 0 Å². The van der Waals surface area contributed by atoms with E-state index in [0.717, 1.165) is 0 Å². The zero-order valence-electron chi connectivity index (χ0n) is 8.71. The second-order valence-corrected chi connectivity index (χ2v) is 5.46. The Morgan fingerprint density at radius 2 is 1.62 bits per heavy atom. The Balaban J connectivity index is 0. The standard InChI is InChI=1S/C8H15O3S.Y/c1-7(2,6-9)8(3,4)12(10)11-5;/h1-5H3;/q-1;+3. The number of hydrogen-bond donors (Lipinski definition) is 0. The molecule has 0 aromatic carbocycles. The van der Waals surface area contributed by atoms with E-state index in [2.05, 4.69) is 0 Å². The van der Waals surface area contributed by atoms with Crippen LogP contribution in [-0.2, 0) is 52.8 Å². The third kappa shape index (κ3) is 3.50. The Bertz CT molecular complexity index is 202. The van der Waals surface area contributed by atoms with Gasteiger partial charge in [0.15, 0.2) is 11.1 Å². The summed E-state index contributed by atoms with van der Waals surface area (Å²) in [5.74, 6) is 0. The maximum Gasteiger partial charge on any atom is 3.00 e. The SMILES string of the molecule is COS(=O)C(C)(C)C(C)(C)[C-]=O.[Y+3]. The first-order valence-electron chi connectivity index (χ1n) is 3.65. The van der Waals surface area contributed by atoms with Gasteiger partial charge in [-0.15, -0.1) is 5.41 Å². The molecular formula is C8H15O3SY+2. The molecule has 0 bridgehead atoms. The number of hydrogen-bond acceptors (Lipinski definition) is 3. The van der Waals surface area contributed by atoms with Gasteiger partial charge in [-0.05, 0) is 13.8 Å². The molecule has 0 aliphatic heterocycles. The molecule has 3 nitrogen and oxygen atoms in total. The van der Waals surface area contributed by atoms with Gasteiger partial charge < -0.3 is 4.79 Å². The molecule has 0 fully saturated rings. The molecule has 0 saturated carbocycles. The van der Waals surface area contributed by atoms with Gasteiger partial charge in [-0.25, -0.2) is 4.21 Å². The Hall–Kier alpha value is 0.884. The maximum absolute atomic E-state index is 11.3. The summed E-state index contributed by atoms with van der Waals surface area (Å²) in [6.07, 6.45) is 1.87. The van der Waals surface area contributed by atoms with E-state index in [4.69, 9.17) is 4.18 Å². The molecule has 1 atom stereocenters.